The molecule has 3 aromatic rings. The maximum absolute atomic E-state index is 13.6. The summed E-state index contributed by atoms with van der Waals surface area (Å²) in [4.78, 5) is 22.9. The second-order valence-corrected chi connectivity index (χ2v) is 7.41. The van der Waals surface area contributed by atoms with Crippen molar-refractivity contribution in [3.05, 3.63) is 64.2 Å². The molecule has 0 fully saturated rings. The van der Waals surface area contributed by atoms with Gasteiger partial charge in [0.05, 0.1) is 24.0 Å². The van der Waals surface area contributed by atoms with E-state index in [4.69, 9.17) is 16.3 Å². The Morgan fingerprint density at radius 1 is 1.27 bits per heavy atom. The minimum atomic E-state index is -0.960. The van der Waals surface area contributed by atoms with Crippen LogP contribution in [0.1, 0.15) is 16.8 Å². The first-order chi connectivity index (χ1) is 14.4. The summed E-state index contributed by atoms with van der Waals surface area (Å²) in [6, 6.07) is 4.70. The number of carbonyl (C=O) groups is 1. The van der Waals surface area contributed by atoms with Gasteiger partial charge >= 0.3 is 6.03 Å². The zero-order chi connectivity index (χ0) is 21.4. The Hall–Kier alpha value is -2.91. The van der Waals surface area contributed by atoms with E-state index >= 15 is 0 Å². The molecule has 1 atom stereocenters. The lowest BCUT2D eigenvalue weighted by Crippen LogP contribution is -2.50. The van der Waals surface area contributed by atoms with E-state index in [-0.39, 0.29) is 30.5 Å². The maximum Gasteiger partial charge on any atom is 0.345 e. The van der Waals surface area contributed by atoms with Crippen LogP contribution < -0.4 is 0 Å². The van der Waals surface area contributed by atoms with Crippen LogP contribution in [0, 0.1) is 18.6 Å². The largest absolute Gasteiger partial charge is 0.383 e. The van der Waals surface area contributed by atoms with Crippen LogP contribution >= 0.6 is 11.6 Å². The Bertz CT molecular complexity index is 1120. The number of hydrogen-bond acceptors (Lipinski definition) is 5. The molecular formula is C20H18ClF2N5O2. The summed E-state index contributed by atoms with van der Waals surface area (Å²) in [5.74, 6) is -1.89. The van der Waals surface area contributed by atoms with E-state index in [1.807, 2.05) is 6.92 Å². The molecule has 0 N–H and O–H groups in total. The molecule has 1 aliphatic rings. The number of ether oxygens (including phenoxy) is 1. The van der Waals surface area contributed by atoms with Crippen molar-refractivity contribution in [2.75, 3.05) is 13.7 Å². The minimum absolute atomic E-state index is 0.0881. The van der Waals surface area contributed by atoms with Gasteiger partial charge in [-0.15, -0.1) is 0 Å². The van der Waals surface area contributed by atoms with Crippen molar-refractivity contribution < 1.29 is 18.3 Å². The molecule has 2 aromatic heterocycles. The van der Waals surface area contributed by atoms with Gasteiger partial charge in [0, 0.05) is 26.3 Å². The molecule has 1 aliphatic heterocycles. The number of benzene rings is 1. The predicted molar refractivity (Wildman–Crippen MR) is 105 cm³/mol. The van der Waals surface area contributed by atoms with Crippen LogP contribution in [0.25, 0.3) is 11.4 Å². The van der Waals surface area contributed by atoms with Crippen molar-refractivity contribution >= 4 is 17.6 Å². The number of halogens is 3. The van der Waals surface area contributed by atoms with E-state index in [1.54, 1.807) is 24.3 Å². The molecule has 4 rings (SSSR count). The maximum atomic E-state index is 13.6. The van der Waals surface area contributed by atoms with Gasteiger partial charge in [-0.05, 0) is 47.9 Å². The Morgan fingerprint density at radius 2 is 2.07 bits per heavy atom. The zero-order valence-corrected chi connectivity index (χ0v) is 17.0. The first kappa shape index (κ1) is 20.4. The fourth-order valence-electron chi connectivity index (χ4n) is 3.53. The van der Waals surface area contributed by atoms with Gasteiger partial charge in [-0.25, -0.2) is 23.5 Å². The standard InChI is InChI=1S/C20H18ClF2N5O2/c1-11-8-24-19(21)25-18(11)17-7-13-6-14(10-30-2)27(20(29)28(13)26-17)9-12-3-4-15(22)16(23)5-12/h3-5,7-8,14H,6,9-10H2,1-2H3. The number of hydrogen-bond donors (Lipinski definition) is 0. The van der Waals surface area contributed by atoms with E-state index in [2.05, 4.69) is 15.1 Å². The highest BCUT2D eigenvalue weighted by atomic mass is 35.5. The van der Waals surface area contributed by atoms with Crippen LogP contribution in [0.15, 0.2) is 30.5 Å². The minimum Gasteiger partial charge on any atom is -0.383 e. The number of aromatic nitrogens is 4. The van der Waals surface area contributed by atoms with E-state index in [0.717, 1.165) is 17.7 Å². The predicted octanol–water partition coefficient (Wildman–Crippen LogP) is 3.62. The van der Waals surface area contributed by atoms with E-state index in [9.17, 15) is 13.6 Å². The average molecular weight is 434 g/mol. The van der Waals surface area contributed by atoms with Gasteiger partial charge in [-0.3, -0.25) is 0 Å². The van der Waals surface area contributed by atoms with Crippen molar-refractivity contribution in [2.45, 2.75) is 25.9 Å². The molecule has 0 saturated heterocycles. The molecule has 10 heteroatoms. The molecule has 0 spiro atoms. The number of fused-ring (bicyclic) bond motifs is 1. The van der Waals surface area contributed by atoms with Crippen LogP contribution in [-0.4, -0.2) is 50.4 Å². The second-order valence-electron chi connectivity index (χ2n) is 7.08. The molecule has 30 heavy (non-hydrogen) atoms. The summed E-state index contributed by atoms with van der Waals surface area (Å²) in [5, 5.41) is 4.51. The molecule has 0 saturated carbocycles. The molecule has 3 heterocycles. The molecule has 156 valence electrons. The first-order valence-corrected chi connectivity index (χ1v) is 9.57. The fourth-order valence-corrected chi connectivity index (χ4v) is 3.66. The average Bonchev–Trinajstić information content (AvgIpc) is 3.14. The van der Waals surface area contributed by atoms with E-state index in [1.165, 1.54) is 10.7 Å². The van der Waals surface area contributed by atoms with Crippen LogP contribution in [0.5, 0.6) is 0 Å². The van der Waals surface area contributed by atoms with Gasteiger partial charge in [-0.2, -0.15) is 9.78 Å². The van der Waals surface area contributed by atoms with Gasteiger partial charge in [0.1, 0.15) is 5.69 Å². The third kappa shape index (κ3) is 3.78. The third-order valence-electron chi connectivity index (χ3n) is 4.98. The summed E-state index contributed by atoms with van der Waals surface area (Å²) in [6.07, 6.45) is 2.07. The van der Waals surface area contributed by atoms with E-state index in [0.29, 0.717) is 29.1 Å². The normalized spacial score (nSPS) is 16.1. The van der Waals surface area contributed by atoms with Crippen LogP contribution in [0.4, 0.5) is 13.6 Å². The number of rotatable bonds is 5. The van der Waals surface area contributed by atoms with Crippen molar-refractivity contribution in [3.63, 3.8) is 0 Å². The number of amides is 1. The van der Waals surface area contributed by atoms with E-state index < -0.39 is 11.6 Å². The quantitative estimate of drug-likeness (QED) is 0.574. The summed E-state index contributed by atoms with van der Waals surface area (Å²) in [5.41, 5.74) is 2.99. The Balaban J connectivity index is 1.69. The molecule has 1 amide bonds. The summed E-state index contributed by atoms with van der Waals surface area (Å²) in [7, 11) is 1.55. The topological polar surface area (TPSA) is 73.1 Å². The zero-order valence-electron chi connectivity index (χ0n) is 16.3. The molecule has 7 nitrogen and oxygen atoms in total. The summed E-state index contributed by atoms with van der Waals surface area (Å²) in [6.45, 7) is 2.21. The van der Waals surface area contributed by atoms with Crippen LogP contribution in [0.3, 0.4) is 0 Å². The lowest BCUT2D eigenvalue weighted by Gasteiger charge is -2.35. The molecule has 0 radical (unpaired) electrons. The lowest BCUT2D eigenvalue weighted by atomic mass is 10.1. The number of aryl methyl sites for hydroxylation is 1. The van der Waals surface area contributed by atoms with Gasteiger partial charge in [0.15, 0.2) is 11.6 Å². The van der Waals surface area contributed by atoms with Gasteiger partial charge in [0.2, 0.25) is 5.28 Å². The lowest BCUT2D eigenvalue weighted by molar-refractivity contribution is 0.0895. The smallest absolute Gasteiger partial charge is 0.345 e. The number of methoxy groups -OCH3 is 1. The SMILES string of the molecule is COCC1Cc2cc(-c3nc(Cl)ncc3C)nn2C(=O)N1Cc1ccc(F)c(F)c1. The van der Waals surface area contributed by atoms with Gasteiger partial charge in [-0.1, -0.05) is 6.07 Å². The monoisotopic (exact) mass is 433 g/mol. The van der Waals surface area contributed by atoms with Crippen molar-refractivity contribution in [3.8, 4) is 11.4 Å². The van der Waals surface area contributed by atoms with Crippen molar-refractivity contribution in [1.29, 1.82) is 0 Å². The third-order valence-corrected chi connectivity index (χ3v) is 5.16. The number of nitrogens with zero attached hydrogens (tertiary/aromatic N) is 5. The van der Waals surface area contributed by atoms with Gasteiger partial charge in [0.25, 0.3) is 0 Å². The van der Waals surface area contributed by atoms with Gasteiger partial charge < -0.3 is 9.64 Å². The summed E-state index contributed by atoms with van der Waals surface area (Å²) >= 11 is 5.92. The fraction of sp³-hybridized carbons (Fsp3) is 0.300. The Labute approximate surface area is 176 Å². The Kier molecular flexibility index (Phi) is 5.48. The Morgan fingerprint density at radius 3 is 2.80 bits per heavy atom. The molecule has 1 unspecified atom stereocenters. The highest BCUT2D eigenvalue weighted by Gasteiger charge is 2.34. The highest BCUT2D eigenvalue weighted by molar-refractivity contribution is 6.28. The molecule has 0 aliphatic carbocycles. The molecule has 0 bridgehead atoms. The van der Waals surface area contributed by atoms with Crippen LogP contribution in [-0.2, 0) is 17.7 Å². The highest BCUT2D eigenvalue weighted by Crippen LogP contribution is 2.27. The number of carbonyl (C=O) groups excluding carboxylic acids is 1. The summed E-state index contributed by atoms with van der Waals surface area (Å²) < 4.78 is 33.5. The first-order valence-electron chi connectivity index (χ1n) is 9.19. The molecule has 1 aromatic carbocycles. The van der Waals surface area contributed by atoms with Crippen molar-refractivity contribution in [2.24, 2.45) is 0 Å². The van der Waals surface area contributed by atoms with Crippen LogP contribution in [0.2, 0.25) is 5.28 Å². The second kappa shape index (κ2) is 8.08. The molecular weight excluding hydrogens is 416 g/mol. The van der Waals surface area contributed by atoms with Crippen molar-refractivity contribution in [1.82, 2.24) is 24.6 Å².